The van der Waals surface area contributed by atoms with Crippen molar-refractivity contribution in [1.82, 2.24) is 20.1 Å². The zero-order chi connectivity index (χ0) is 21.6. The number of thioether (sulfide) groups is 1. The lowest BCUT2D eigenvalue weighted by Crippen LogP contribution is -2.38. The number of carbonyl (C=O) groups is 1. The van der Waals surface area contributed by atoms with Gasteiger partial charge in [-0.1, -0.05) is 53.7 Å². The molecule has 1 aliphatic heterocycles. The average molecular weight is 458 g/mol. The molecular formula is C22H24ClN5O2S. The van der Waals surface area contributed by atoms with E-state index in [1.54, 1.807) is 0 Å². The minimum atomic E-state index is -0.0628. The van der Waals surface area contributed by atoms with Crippen molar-refractivity contribution in [3.05, 3.63) is 64.7 Å². The smallest absolute Gasteiger partial charge is 0.232 e. The van der Waals surface area contributed by atoms with Crippen LogP contribution in [0.15, 0.2) is 53.7 Å². The quantitative estimate of drug-likeness (QED) is 0.548. The van der Waals surface area contributed by atoms with Crippen LogP contribution >= 0.6 is 23.4 Å². The number of hydrogen-bond acceptors (Lipinski definition) is 6. The van der Waals surface area contributed by atoms with Crippen molar-refractivity contribution in [3.63, 3.8) is 0 Å². The summed E-state index contributed by atoms with van der Waals surface area (Å²) in [5.41, 5.74) is 3.13. The number of aromatic nitrogens is 3. The number of para-hydroxylation sites is 1. The summed E-state index contributed by atoms with van der Waals surface area (Å²) in [6, 6.07) is 15.6. The van der Waals surface area contributed by atoms with E-state index in [2.05, 4.69) is 33.4 Å². The third kappa shape index (κ3) is 5.39. The highest BCUT2D eigenvalue weighted by Gasteiger charge is 2.23. The largest absolute Gasteiger partial charge is 0.378 e. The van der Waals surface area contributed by atoms with E-state index < -0.39 is 0 Å². The molecule has 0 radical (unpaired) electrons. The maximum absolute atomic E-state index is 12.4. The Morgan fingerprint density at radius 3 is 2.61 bits per heavy atom. The molecule has 1 N–H and O–H groups in total. The molecule has 2 heterocycles. The molecule has 0 atom stereocenters. The van der Waals surface area contributed by atoms with Gasteiger partial charge in [-0.3, -0.25) is 9.36 Å². The van der Waals surface area contributed by atoms with Crippen LogP contribution in [0.1, 0.15) is 11.1 Å². The van der Waals surface area contributed by atoms with Crippen LogP contribution in [0.3, 0.4) is 0 Å². The lowest BCUT2D eigenvalue weighted by atomic mass is 10.2. The van der Waals surface area contributed by atoms with Crippen LogP contribution in [0.5, 0.6) is 0 Å². The van der Waals surface area contributed by atoms with Gasteiger partial charge >= 0.3 is 0 Å². The second-order valence-corrected chi connectivity index (χ2v) is 8.57. The molecule has 4 rings (SSSR count). The molecule has 3 aromatic rings. The van der Waals surface area contributed by atoms with Crippen molar-refractivity contribution in [1.29, 1.82) is 0 Å². The van der Waals surface area contributed by atoms with Crippen LogP contribution < -0.4 is 10.2 Å². The number of morpholine rings is 1. The van der Waals surface area contributed by atoms with E-state index in [9.17, 15) is 4.79 Å². The minimum absolute atomic E-state index is 0.0628. The van der Waals surface area contributed by atoms with Crippen LogP contribution in [0, 0.1) is 6.92 Å². The number of rotatable bonds is 7. The summed E-state index contributed by atoms with van der Waals surface area (Å²) in [7, 11) is 0. The SMILES string of the molecule is Cc1ccccc1-n1c(SCC(=O)NCc2ccc(Cl)cc2)nnc1N1CCOCC1. The molecule has 1 aromatic heterocycles. The summed E-state index contributed by atoms with van der Waals surface area (Å²) in [4.78, 5) is 14.6. The maximum atomic E-state index is 12.4. The first-order valence-corrected chi connectivity index (χ1v) is 11.5. The van der Waals surface area contributed by atoms with Gasteiger partial charge in [0.25, 0.3) is 0 Å². The molecule has 2 aromatic carbocycles. The van der Waals surface area contributed by atoms with Gasteiger partial charge in [-0.2, -0.15) is 0 Å². The fraction of sp³-hybridized carbons (Fsp3) is 0.318. The normalized spacial score (nSPS) is 13.9. The number of benzene rings is 2. The Balaban J connectivity index is 1.48. The van der Waals surface area contributed by atoms with E-state index in [0.29, 0.717) is 29.9 Å². The second-order valence-electron chi connectivity index (χ2n) is 7.20. The first kappa shape index (κ1) is 21.7. The topological polar surface area (TPSA) is 72.3 Å². The molecule has 1 aliphatic rings. The molecule has 0 unspecified atom stereocenters. The molecule has 0 saturated carbocycles. The molecule has 31 heavy (non-hydrogen) atoms. The molecule has 7 nitrogen and oxygen atoms in total. The Hall–Kier alpha value is -2.55. The van der Waals surface area contributed by atoms with Crippen molar-refractivity contribution >= 4 is 35.2 Å². The predicted molar refractivity (Wildman–Crippen MR) is 123 cm³/mol. The summed E-state index contributed by atoms with van der Waals surface area (Å²) in [5, 5.41) is 13.2. The van der Waals surface area contributed by atoms with Gasteiger partial charge in [0.1, 0.15) is 0 Å². The second kappa shape index (κ2) is 10.2. The Morgan fingerprint density at radius 2 is 1.87 bits per heavy atom. The number of aryl methyl sites for hydroxylation is 1. The average Bonchev–Trinajstić information content (AvgIpc) is 3.22. The van der Waals surface area contributed by atoms with E-state index >= 15 is 0 Å². The zero-order valence-corrected chi connectivity index (χ0v) is 18.8. The van der Waals surface area contributed by atoms with E-state index in [0.717, 1.165) is 35.9 Å². The number of carbonyl (C=O) groups excluding carboxylic acids is 1. The molecule has 0 aliphatic carbocycles. The van der Waals surface area contributed by atoms with Gasteiger partial charge in [-0.05, 0) is 36.2 Å². The van der Waals surface area contributed by atoms with Crippen molar-refractivity contribution < 1.29 is 9.53 Å². The van der Waals surface area contributed by atoms with Crippen LogP contribution in [-0.2, 0) is 16.1 Å². The molecule has 0 bridgehead atoms. The number of hydrogen-bond donors (Lipinski definition) is 1. The molecule has 1 amide bonds. The Labute approximate surface area is 190 Å². The van der Waals surface area contributed by atoms with Crippen molar-refractivity contribution in [2.45, 2.75) is 18.6 Å². The van der Waals surface area contributed by atoms with E-state index in [1.807, 2.05) is 47.0 Å². The van der Waals surface area contributed by atoms with Gasteiger partial charge in [0.05, 0.1) is 24.7 Å². The monoisotopic (exact) mass is 457 g/mol. The predicted octanol–water partition coefficient (Wildman–Crippen LogP) is 3.47. The number of ether oxygens (including phenoxy) is 1. The summed E-state index contributed by atoms with van der Waals surface area (Å²) in [6.07, 6.45) is 0. The third-order valence-corrected chi connectivity index (χ3v) is 6.18. The first-order valence-electron chi connectivity index (χ1n) is 10.1. The Morgan fingerprint density at radius 1 is 1.13 bits per heavy atom. The van der Waals surface area contributed by atoms with E-state index in [4.69, 9.17) is 16.3 Å². The third-order valence-electron chi connectivity index (χ3n) is 5.00. The van der Waals surface area contributed by atoms with Gasteiger partial charge < -0.3 is 15.0 Å². The standard InChI is InChI=1S/C22H24ClN5O2S/c1-16-4-2-3-5-19(16)28-21(27-10-12-30-13-11-27)25-26-22(28)31-15-20(29)24-14-17-6-8-18(23)9-7-17/h2-9H,10-15H2,1H3,(H,24,29). The van der Waals surface area contributed by atoms with Crippen LogP contribution in [0.25, 0.3) is 5.69 Å². The molecule has 162 valence electrons. The molecule has 1 fully saturated rings. The molecule has 0 spiro atoms. The van der Waals surface area contributed by atoms with Gasteiger partial charge in [0, 0.05) is 24.7 Å². The lowest BCUT2D eigenvalue weighted by Gasteiger charge is -2.28. The lowest BCUT2D eigenvalue weighted by molar-refractivity contribution is -0.118. The molecular weight excluding hydrogens is 434 g/mol. The number of nitrogens with zero attached hydrogens (tertiary/aromatic N) is 4. The summed E-state index contributed by atoms with van der Waals surface area (Å²) in [6.45, 7) is 5.37. The van der Waals surface area contributed by atoms with E-state index in [-0.39, 0.29) is 11.7 Å². The number of amides is 1. The highest BCUT2D eigenvalue weighted by atomic mass is 35.5. The fourth-order valence-corrected chi connectivity index (χ4v) is 4.23. The number of anilines is 1. The van der Waals surface area contributed by atoms with E-state index in [1.165, 1.54) is 11.8 Å². The Bertz CT molecular complexity index is 1030. The van der Waals surface area contributed by atoms with Gasteiger partial charge in [0.15, 0.2) is 5.16 Å². The summed E-state index contributed by atoms with van der Waals surface area (Å²) in [5.74, 6) is 0.967. The van der Waals surface area contributed by atoms with Crippen molar-refractivity contribution in [2.75, 3.05) is 37.0 Å². The molecule has 9 heteroatoms. The van der Waals surface area contributed by atoms with Crippen molar-refractivity contribution in [3.8, 4) is 5.69 Å². The van der Waals surface area contributed by atoms with Gasteiger partial charge in [-0.25, -0.2) is 0 Å². The van der Waals surface area contributed by atoms with Gasteiger partial charge in [-0.15, -0.1) is 10.2 Å². The van der Waals surface area contributed by atoms with Crippen LogP contribution in [0.4, 0.5) is 5.95 Å². The fourth-order valence-electron chi connectivity index (χ4n) is 3.33. The van der Waals surface area contributed by atoms with Crippen LogP contribution in [0.2, 0.25) is 5.02 Å². The molecule has 1 saturated heterocycles. The minimum Gasteiger partial charge on any atom is -0.378 e. The maximum Gasteiger partial charge on any atom is 0.232 e. The zero-order valence-electron chi connectivity index (χ0n) is 17.3. The highest BCUT2D eigenvalue weighted by Crippen LogP contribution is 2.28. The van der Waals surface area contributed by atoms with Crippen LogP contribution in [-0.4, -0.2) is 52.7 Å². The first-order chi connectivity index (χ1) is 15.1. The number of nitrogens with one attached hydrogen (secondary N) is 1. The summed E-state index contributed by atoms with van der Waals surface area (Å²) < 4.78 is 7.52. The highest BCUT2D eigenvalue weighted by molar-refractivity contribution is 7.99. The van der Waals surface area contributed by atoms with Crippen molar-refractivity contribution in [2.24, 2.45) is 0 Å². The summed E-state index contributed by atoms with van der Waals surface area (Å²) >= 11 is 7.29. The number of halogens is 1. The van der Waals surface area contributed by atoms with Gasteiger partial charge in [0.2, 0.25) is 11.9 Å². The Kier molecular flexibility index (Phi) is 7.11.